The number of aliphatic hydroxyl groups is 1. The molecule has 1 saturated carbocycles. The standard InChI is InChI=1S/C16H23Cl2NO/c1-2-19(11-12-5-3-6-12)10-9-15(20)13-7-4-8-14(17)16(13)18/h4,7-8,12,15,20H,2-3,5-6,9-11H2,1H3. The molecule has 1 N–H and O–H groups in total. The fourth-order valence-corrected chi connectivity index (χ4v) is 3.09. The maximum Gasteiger partial charge on any atom is 0.0817 e. The predicted octanol–water partition coefficient (Wildman–Crippen LogP) is 4.54. The van der Waals surface area contributed by atoms with Gasteiger partial charge in [-0.25, -0.2) is 0 Å². The summed E-state index contributed by atoms with van der Waals surface area (Å²) in [4.78, 5) is 2.42. The SMILES string of the molecule is CCN(CCC(O)c1cccc(Cl)c1Cl)CC1CCC1. The van der Waals surface area contributed by atoms with E-state index in [-0.39, 0.29) is 0 Å². The molecule has 0 bridgehead atoms. The molecule has 1 fully saturated rings. The normalized spacial score (nSPS) is 17.2. The Balaban J connectivity index is 1.86. The van der Waals surface area contributed by atoms with Gasteiger partial charge in [0.15, 0.2) is 0 Å². The first kappa shape index (κ1) is 16.1. The lowest BCUT2D eigenvalue weighted by Crippen LogP contribution is -2.33. The van der Waals surface area contributed by atoms with Gasteiger partial charge in [0.1, 0.15) is 0 Å². The molecule has 1 unspecified atom stereocenters. The van der Waals surface area contributed by atoms with Crippen molar-refractivity contribution in [3.8, 4) is 0 Å². The number of aliphatic hydroxyl groups excluding tert-OH is 1. The first-order valence-electron chi connectivity index (χ1n) is 7.46. The molecule has 20 heavy (non-hydrogen) atoms. The van der Waals surface area contributed by atoms with Gasteiger partial charge in [0.25, 0.3) is 0 Å². The van der Waals surface area contributed by atoms with Crippen molar-refractivity contribution in [1.82, 2.24) is 4.90 Å². The number of hydrogen-bond acceptors (Lipinski definition) is 2. The van der Waals surface area contributed by atoms with Crippen molar-refractivity contribution in [3.63, 3.8) is 0 Å². The van der Waals surface area contributed by atoms with Gasteiger partial charge in [0, 0.05) is 18.7 Å². The molecule has 2 nitrogen and oxygen atoms in total. The summed E-state index contributed by atoms with van der Waals surface area (Å²) in [7, 11) is 0. The van der Waals surface area contributed by atoms with Crippen molar-refractivity contribution in [1.29, 1.82) is 0 Å². The summed E-state index contributed by atoms with van der Waals surface area (Å²) in [6, 6.07) is 5.43. The third-order valence-corrected chi connectivity index (χ3v) is 5.08. The zero-order valence-corrected chi connectivity index (χ0v) is 13.5. The molecule has 0 spiro atoms. The van der Waals surface area contributed by atoms with E-state index < -0.39 is 6.10 Å². The molecule has 0 aliphatic heterocycles. The maximum absolute atomic E-state index is 10.3. The lowest BCUT2D eigenvalue weighted by atomic mass is 9.85. The van der Waals surface area contributed by atoms with Crippen LogP contribution in [0.15, 0.2) is 18.2 Å². The van der Waals surface area contributed by atoms with E-state index in [2.05, 4.69) is 11.8 Å². The Bertz CT molecular complexity index is 434. The number of rotatable bonds is 7. The van der Waals surface area contributed by atoms with Gasteiger partial charge in [0.2, 0.25) is 0 Å². The molecule has 2 rings (SSSR count). The van der Waals surface area contributed by atoms with Gasteiger partial charge in [0.05, 0.1) is 16.1 Å². The second-order valence-electron chi connectivity index (χ2n) is 5.64. The molecule has 112 valence electrons. The average Bonchev–Trinajstić information content (AvgIpc) is 2.40. The Morgan fingerprint density at radius 2 is 2.10 bits per heavy atom. The van der Waals surface area contributed by atoms with Crippen LogP contribution < -0.4 is 0 Å². The maximum atomic E-state index is 10.3. The summed E-state index contributed by atoms with van der Waals surface area (Å²) in [6.45, 7) is 5.27. The summed E-state index contributed by atoms with van der Waals surface area (Å²) in [5, 5.41) is 11.3. The van der Waals surface area contributed by atoms with Gasteiger partial charge in [-0.2, -0.15) is 0 Å². The van der Waals surface area contributed by atoms with Crippen LogP contribution >= 0.6 is 23.2 Å². The first-order valence-corrected chi connectivity index (χ1v) is 8.21. The summed E-state index contributed by atoms with van der Waals surface area (Å²) < 4.78 is 0. The van der Waals surface area contributed by atoms with Crippen LogP contribution in [0.2, 0.25) is 10.0 Å². The van der Waals surface area contributed by atoms with Crippen LogP contribution in [0.3, 0.4) is 0 Å². The number of halogens is 2. The van der Waals surface area contributed by atoms with E-state index in [9.17, 15) is 5.11 Å². The van der Waals surface area contributed by atoms with Crippen LogP contribution in [-0.2, 0) is 0 Å². The first-order chi connectivity index (χ1) is 9.61. The minimum atomic E-state index is -0.545. The molecule has 0 heterocycles. The topological polar surface area (TPSA) is 23.5 Å². The Morgan fingerprint density at radius 3 is 2.70 bits per heavy atom. The molecule has 1 aromatic carbocycles. The van der Waals surface area contributed by atoms with E-state index >= 15 is 0 Å². The molecule has 1 atom stereocenters. The lowest BCUT2D eigenvalue weighted by molar-refractivity contribution is 0.126. The van der Waals surface area contributed by atoms with Gasteiger partial charge < -0.3 is 10.0 Å². The summed E-state index contributed by atoms with van der Waals surface area (Å²) in [5.74, 6) is 0.863. The molecule has 0 saturated heterocycles. The highest BCUT2D eigenvalue weighted by Crippen LogP contribution is 2.32. The van der Waals surface area contributed by atoms with Crippen LogP contribution in [0.1, 0.15) is 44.3 Å². The highest BCUT2D eigenvalue weighted by atomic mass is 35.5. The molecule has 0 amide bonds. The third kappa shape index (κ3) is 4.11. The number of nitrogens with zero attached hydrogens (tertiary/aromatic N) is 1. The van der Waals surface area contributed by atoms with Crippen LogP contribution in [0.25, 0.3) is 0 Å². The number of benzene rings is 1. The minimum absolute atomic E-state index is 0.476. The van der Waals surface area contributed by atoms with Crippen LogP contribution in [-0.4, -0.2) is 29.6 Å². The van der Waals surface area contributed by atoms with Gasteiger partial charge in [-0.1, -0.05) is 48.7 Å². The monoisotopic (exact) mass is 315 g/mol. The lowest BCUT2D eigenvalue weighted by Gasteiger charge is -2.32. The molecular formula is C16H23Cl2NO. The molecule has 1 aliphatic rings. The van der Waals surface area contributed by atoms with E-state index in [1.54, 1.807) is 6.07 Å². The van der Waals surface area contributed by atoms with Crippen LogP contribution in [0, 0.1) is 5.92 Å². The average molecular weight is 316 g/mol. The molecule has 0 aromatic heterocycles. The Morgan fingerprint density at radius 1 is 1.35 bits per heavy atom. The second-order valence-corrected chi connectivity index (χ2v) is 6.42. The van der Waals surface area contributed by atoms with E-state index in [1.165, 1.54) is 19.3 Å². The quantitative estimate of drug-likeness (QED) is 0.798. The predicted molar refractivity (Wildman–Crippen MR) is 85.5 cm³/mol. The number of hydrogen-bond donors (Lipinski definition) is 1. The Kier molecular flexibility index (Phi) is 6.16. The zero-order chi connectivity index (χ0) is 14.5. The van der Waals surface area contributed by atoms with E-state index in [0.717, 1.165) is 31.1 Å². The highest BCUT2D eigenvalue weighted by Gasteiger charge is 2.21. The van der Waals surface area contributed by atoms with Gasteiger partial charge >= 0.3 is 0 Å². The third-order valence-electron chi connectivity index (χ3n) is 4.25. The summed E-state index contributed by atoms with van der Waals surface area (Å²) in [5.41, 5.74) is 0.735. The van der Waals surface area contributed by atoms with E-state index in [4.69, 9.17) is 23.2 Å². The van der Waals surface area contributed by atoms with Crippen molar-refractivity contribution in [3.05, 3.63) is 33.8 Å². The highest BCUT2D eigenvalue weighted by molar-refractivity contribution is 6.42. The van der Waals surface area contributed by atoms with Crippen LogP contribution in [0.5, 0.6) is 0 Å². The van der Waals surface area contributed by atoms with Crippen molar-refractivity contribution >= 4 is 23.2 Å². The van der Waals surface area contributed by atoms with Crippen molar-refractivity contribution in [2.24, 2.45) is 5.92 Å². The van der Waals surface area contributed by atoms with Gasteiger partial charge in [-0.15, -0.1) is 0 Å². The molecule has 1 aromatic rings. The van der Waals surface area contributed by atoms with Crippen molar-refractivity contribution < 1.29 is 5.11 Å². The summed E-state index contributed by atoms with van der Waals surface area (Å²) in [6.07, 6.45) is 4.25. The van der Waals surface area contributed by atoms with Crippen molar-refractivity contribution in [2.75, 3.05) is 19.6 Å². The second kappa shape index (κ2) is 7.65. The van der Waals surface area contributed by atoms with Gasteiger partial charge in [-0.05, 0) is 37.8 Å². The Labute approximate surface area is 131 Å². The molecular weight excluding hydrogens is 293 g/mol. The summed E-state index contributed by atoms with van der Waals surface area (Å²) >= 11 is 12.1. The van der Waals surface area contributed by atoms with E-state index in [0.29, 0.717) is 16.5 Å². The molecule has 4 heteroatoms. The van der Waals surface area contributed by atoms with Crippen LogP contribution in [0.4, 0.5) is 0 Å². The minimum Gasteiger partial charge on any atom is -0.388 e. The fraction of sp³-hybridized carbons (Fsp3) is 0.625. The van der Waals surface area contributed by atoms with Crippen molar-refractivity contribution in [2.45, 2.75) is 38.7 Å². The fourth-order valence-electron chi connectivity index (χ4n) is 2.66. The molecule has 0 radical (unpaired) electrons. The smallest absolute Gasteiger partial charge is 0.0817 e. The Hall–Kier alpha value is -0.280. The van der Waals surface area contributed by atoms with Gasteiger partial charge in [-0.3, -0.25) is 0 Å². The van der Waals surface area contributed by atoms with E-state index in [1.807, 2.05) is 12.1 Å². The molecule has 1 aliphatic carbocycles. The zero-order valence-electron chi connectivity index (χ0n) is 12.0. The largest absolute Gasteiger partial charge is 0.388 e.